The largest absolute Gasteiger partial charge is 0.387 e. The molecular formula is C6H14N4O. The summed E-state index contributed by atoms with van der Waals surface area (Å²) in [5, 5.41) is 9.51. The van der Waals surface area contributed by atoms with E-state index in [0.29, 0.717) is 0 Å². The fourth-order valence-corrected chi connectivity index (χ4v) is 0.403. The summed E-state index contributed by atoms with van der Waals surface area (Å²) in [6.45, 7) is 3.80. The van der Waals surface area contributed by atoms with Crippen molar-refractivity contribution in [1.82, 2.24) is 5.32 Å². The molecule has 0 saturated carbocycles. The number of carbonyl (C=O) groups is 1. The Kier molecular flexibility index (Phi) is 2.86. The van der Waals surface area contributed by atoms with Gasteiger partial charge in [-0.15, -0.1) is 0 Å². The maximum absolute atomic E-state index is 10.3. The Bertz CT molecular complexity index is 175. The number of hydrogen-bond donors (Lipinski definition) is 4. The number of nitrogens with two attached hydrogens (primary N) is 2. The lowest BCUT2D eigenvalue weighted by atomic mass is 9.92. The van der Waals surface area contributed by atoms with Crippen molar-refractivity contribution in [1.29, 1.82) is 5.41 Å². The molecule has 0 aliphatic carbocycles. The minimum atomic E-state index is -0.598. The van der Waals surface area contributed by atoms with Gasteiger partial charge in [-0.2, -0.15) is 0 Å². The summed E-state index contributed by atoms with van der Waals surface area (Å²) in [4.78, 5) is 10.3. The van der Waals surface area contributed by atoms with Gasteiger partial charge in [0.15, 0.2) is 0 Å². The second-order valence-corrected chi connectivity index (χ2v) is 3.02. The van der Waals surface area contributed by atoms with Crippen molar-refractivity contribution >= 4 is 11.9 Å². The van der Waals surface area contributed by atoms with E-state index in [4.69, 9.17) is 16.9 Å². The van der Waals surface area contributed by atoms with Crippen molar-refractivity contribution in [2.45, 2.75) is 13.8 Å². The van der Waals surface area contributed by atoms with Crippen LogP contribution < -0.4 is 16.8 Å². The van der Waals surface area contributed by atoms with Crippen LogP contribution in [0.1, 0.15) is 13.8 Å². The van der Waals surface area contributed by atoms with Gasteiger partial charge in [-0.25, -0.2) is 4.79 Å². The summed E-state index contributed by atoms with van der Waals surface area (Å²) in [6, 6.07) is -0.598. The summed E-state index contributed by atoms with van der Waals surface area (Å²) < 4.78 is 0. The molecule has 0 aliphatic heterocycles. The van der Waals surface area contributed by atoms with Gasteiger partial charge in [0.25, 0.3) is 0 Å². The molecule has 0 aromatic carbocycles. The minimum Gasteiger partial charge on any atom is -0.387 e. The molecule has 0 saturated heterocycles. The fraction of sp³-hybridized carbons (Fsp3) is 0.667. The highest BCUT2D eigenvalue weighted by Gasteiger charge is 2.21. The standard InChI is InChI=1S/C6H14N4O/c1-6(2,4(7)8)3-10-5(9)11/h3H2,1-2H3,(H3,7,8)(H3,9,10,11). The van der Waals surface area contributed by atoms with Gasteiger partial charge in [0, 0.05) is 12.0 Å². The molecule has 0 aliphatic rings. The summed E-state index contributed by atoms with van der Waals surface area (Å²) >= 11 is 0. The Hall–Kier alpha value is -1.26. The predicted molar refractivity (Wildman–Crippen MR) is 43.3 cm³/mol. The predicted octanol–water partition coefficient (Wildman–Crippen LogP) is -0.383. The lowest BCUT2D eigenvalue weighted by molar-refractivity contribution is 0.246. The molecule has 2 amide bonds. The van der Waals surface area contributed by atoms with Gasteiger partial charge in [0.05, 0.1) is 5.84 Å². The first-order valence-corrected chi connectivity index (χ1v) is 3.24. The van der Waals surface area contributed by atoms with Crippen molar-refractivity contribution in [2.75, 3.05) is 6.54 Å². The summed E-state index contributed by atoms with van der Waals surface area (Å²) in [5.74, 6) is 0.0336. The normalized spacial score (nSPS) is 10.7. The third kappa shape index (κ3) is 3.44. The molecular weight excluding hydrogens is 144 g/mol. The first kappa shape index (κ1) is 9.74. The molecule has 0 atom stereocenters. The molecule has 5 nitrogen and oxygen atoms in total. The van der Waals surface area contributed by atoms with Crippen LogP contribution in [0.2, 0.25) is 0 Å². The molecule has 64 valence electrons. The lowest BCUT2D eigenvalue weighted by Crippen LogP contribution is -2.43. The average molecular weight is 158 g/mol. The Balaban J connectivity index is 3.92. The number of hydrogen-bond acceptors (Lipinski definition) is 2. The molecule has 5 heteroatoms. The quantitative estimate of drug-likeness (QED) is 0.332. The molecule has 0 bridgehead atoms. The molecule has 0 spiro atoms. The van der Waals surface area contributed by atoms with E-state index in [1.54, 1.807) is 13.8 Å². The summed E-state index contributed by atoms with van der Waals surface area (Å²) in [6.07, 6.45) is 0. The number of urea groups is 1. The number of rotatable bonds is 3. The van der Waals surface area contributed by atoms with E-state index in [1.807, 2.05) is 0 Å². The van der Waals surface area contributed by atoms with Gasteiger partial charge in [-0.05, 0) is 0 Å². The number of primary amides is 1. The Morgan fingerprint density at radius 3 is 2.27 bits per heavy atom. The smallest absolute Gasteiger partial charge is 0.312 e. The second kappa shape index (κ2) is 3.23. The molecule has 6 N–H and O–H groups in total. The van der Waals surface area contributed by atoms with Crippen LogP contribution in [-0.4, -0.2) is 18.4 Å². The number of carbonyl (C=O) groups excluding carboxylic acids is 1. The molecule has 0 radical (unpaired) electrons. The van der Waals surface area contributed by atoms with Gasteiger partial charge in [0.2, 0.25) is 0 Å². The van der Waals surface area contributed by atoms with Crippen LogP contribution in [0, 0.1) is 10.8 Å². The SMILES string of the molecule is CC(C)(CNC(N)=O)C(=N)N. The van der Waals surface area contributed by atoms with E-state index in [1.165, 1.54) is 0 Å². The fourth-order valence-electron chi connectivity index (χ4n) is 0.403. The topological polar surface area (TPSA) is 105 Å². The third-order valence-corrected chi connectivity index (χ3v) is 1.43. The maximum Gasteiger partial charge on any atom is 0.312 e. The Morgan fingerprint density at radius 2 is 2.00 bits per heavy atom. The summed E-state index contributed by atoms with van der Waals surface area (Å²) in [5.41, 5.74) is 9.57. The van der Waals surface area contributed by atoms with Crippen molar-refractivity contribution in [3.63, 3.8) is 0 Å². The van der Waals surface area contributed by atoms with Gasteiger partial charge >= 0.3 is 6.03 Å². The molecule has 0 fully saturated rings. The molecule has 0 heterocycles. The third-order valence-electron chi connectivity index (χ3n) is 1.43. The molecule has 0 aromatic rings. The van der Waals surface area contributed by atoms with Crippen LogP contribution in [-0.2, 0) is 0 Å². The first-order valence-electron chi connectivity index (χ1n) is 3.24. The van der Waals surface area contributed by atoms with Crippen LogP contribution >= 0.6 is 0 Å². The van der Waals surface area contributed by atoms with Crippen molar-refractivity contribution in [3.05, 3.63) is 0 Å². The van der Waals surface area contributed by atoms with E-state index in [9.17, 15) is 4.79 Å². The zero-order valence-electron chi connectivity index (χ0n) is 6.77. The highest BCUT2D eigenvalue weighted by atomic mass is 16.2. The summed E-state index contributed by atoms with van der Waals surface area (Å²) in [7, 11) is 0. The van der Waals surface area contributed by atoms with E-state index in [-0.39, 0.29) is 12.4 Å². The zero-order valence-corrected chi connectivity index (χ0v) is 6.77. The van der Waals surface area contributed by atoms with Crippen molar-refractivity contribution < 1.29 is 4.79 Å². The van der Waals surface area contributed by atoms with Gasteiger partial charge in [-0.1, -0.05) is 13.8 Å². The van der Waals surface area contributed by atoms with Gasteiger partial charge < -0.3 is 16.8 Å². The highest BCUT2D eigenvalue weighted by Crippen LogP contribution is 2.11. The van der Waals surface area contributed by atoms with Gasteiger partial charge in [-0.3, -0.25) is 5.41 Å². The number of nitrogens with one attached hydrogen (secondary N) is 2. The lowest BCUT2D eigenvalue weighted by Gasteiger charge is -2.22. The molecule has 0 unspecified atom stereocenters. The van der Waals surface area contributed by atoms with Crippen molar-refractivity contribution in [2.24, 2.45) is 16.9 Å². The monoisotopic (exact) mass is 158 g/mol. The molecule has 0 rings (SSSR count). The van der Waals surface area contributed by atoms with Crippen LogP contribution in [0.3, 0.4) is 0 Å². The van der Waals surface area contributed by atoms with Crippen LogP contribution in [0.25, 0.3) is 0 Å². The highest BCUT2D eigenvalue weighted by molar-refractivity contribution is 5.83. The second-order valence-electron chi connectivity index (χ2n) is 3.02. The van der Waals surface area contributed by atoms with E-state index in [2.05, 4.69) is 5.32 Å². The van der Waals surface area contributed by atoms with Crippen molar-refractivity contribution in [3.8, 4) is 0 Å². The van der Waals surface area contributed by atoms with Crippen LogP contribution in [0.4, 0.5) is 4.79 Å². The zero-order chi connectivity index (χ0) is 9.07. The number of amides is 2. The van der Waals surface area contributed by atoms with E-state index < -0.39 is 11.4 Å². The van der Waals surface area contributed by atoms with Crippen LogP contribution in [0.5, 0.6) is 0 Å². The number of amidine groups is 1. The molecule has 0 aromatic heterocycles. The first-order chi connectivity index (χ1) is 4.86. The molecule has 11 heavy (non-hydrogen) atoms. The van der Waals surface area contributed by atoms with E-state index in [0.717, 1.165) is 0 Å². The Morgan fingerprint density at radius 1 is 1.55 bits per heavy atom. The van der Waals surface area contributed by atoms with Gasteiger partial charge in [0.1, 0.15) is 0 Å². The maximum atomic E-state index is 10.3. The minimum absolute atomic E-state index is 0.0336. The Labute approximate surface area is 65.6 Å². The van der Waals surface area contributed by atoms with E-state index >= 15 is 0 Å². The average Bonchev–Trinajstić information content (AvgIpc) is 1.84. The van der Waals surface area contributed by atoms with Crippen LogP contribution in [0.15, 0.2) is 0 Å².